The average Bonchev–Trinajstić information content (AvgIpc) is 3.13. The molecule has 28 heavy (non-hydrogen) atoms. The van der Waals surface area contributed by atoms with E-state index in [1.54, 1.807) is 17.7 Å². The van der Waals surface area contributed by atoms with Crippen molar-refractivity contribution in [2.24, 2.45) is 0 Å². The van der Waals surface area contributed by atoms with E-state index in [2.05, 4.69) is 42.2 Å². The van der Waals surface area contributed by atoms with Gasteiger partial charge in [-0.05, 0) is 48.2 Å². The van der Waals surface area contributed by atoms with E-state index < -0.39 is 0 Å². The molecule has 0 aliphatic heterocycles. The molecule has 0 unspecified atom stereocenters. The normalized spacial score (nSPS) is 14.3. The van der Waals surface area contributed by atoms with Crippen LogP contribution < -0.4 is 0 Å². The molecule has 1 aromatic carbocycles. The van der Waals surface area contributed by atoms with Crippen molar-refractivity contribution in [2.45, 2.75) is 35.5 Å². The van der Waals surface area contributed by atoms with Gasteiger partial charge in [-0.15, -0.1) is 21.5 Å². The maximum Gasteiger partial charge on any atom is 0.197 e. The number of nitrogens with zero attached hydrogens (tertiary/aromatic N) is 5. The van der Waals surface area contributed by atoms with Crippen LogP contribution >= 0.6 is 23.1 Å². The molecule has 6 nitrogen and oxygen atoms in total. The Labute approximate surface area is 168 Å². The molecule has 0 amide bonds. The molecule has 4 aromatic heterocycles. The van der Waals surface area contributed by atoms with E-state index in [1.165, 1.54) is 29.5 Å². The first-order chi connectivity index (χ1) is 13.9. The van der Waals surface area contributed by atoms with Gasteiger partial charge in [0.2, 0.25) is 0 Å². The molecule has 0 bridgehead atoms. The van der Waals surface area contributed by atoms with Crippen LogP contribution in [0.2, 0.25) is 0 Å². The minimum atomic E-state index is 0.487. The first-order valence-corrected chi connectivity index (χ1v) is 10.8. The number of rotatable bonds is 5. The number of fused-ring (bicyclic) bond motifs is 3. The van der Waals surface area contributed by atoms with Gasteiger partial charge in [0.15, 0.2) is 15.8 Å². The Balaban J connectivity index is 1.42. The van der Waals surface area contributed by atoms with Crippen molar-refractivity contribution in [1.29, 1.82) is 0 Å². The summed E-state index contributed by atoms with van der Waals surface area (Å²) < 4.78 is 8.34. The molecule has 0 radical (unpaired) electrons. The fourth-order valence-corrected chi connectivity index (χ4v) is 5.07. The Morgan fingerprint density at radius 2 is 2.04 bits per heavy atom. The maximum atomic E-state index is 6.06. The van der Waals surface area contributed by atoms with Gasteiger partial charge in [-0.1, -0.05) is 18.2 Å². The summed E-state index contributed by atoms with van der Waals surface area (Å²) in [5, 5.41) is 13.7. The van der Waals surface area contributed by atoms with Crippen molar-refractivity contribution in [3.8, 4) is 0 Å². The zero-order chi connectivity index (χ0) is 18.5. The predicted molar refractivity (Wildman–Crippen MR) is 109 cm³/mol. The van der Waals surface area contributed by atoms with Crippen LogP contribution in [-0.2, 0) is 6.42 Å². The van der Waals surface area contributed by atoms with Crippen LogP contribution in [-0.4, -0.2) is 24.7 Å². The second-order valence-electron chi connectivity index (χ2n) is 6.81. The van der Waals surface area contributed by atoms with Gasteiger partial charge in [-0.25, -0.2) is 9.97 Å². The Morgan fingerprint density at radius 3 is 2.89 bits per heavy atom. The van der Waals surface area contributed by atoms with Gasteiger partial charge >= 0.3 is 0 Å². The highest BCUT2D eigenvalue weighted by molar-refractivity contribution is 7.99. The molecule has 1 fully saturated rings. The number of hydrogen-bond acceptors (Lipinski definition) is 7. The minimum Gasteiger partial charge on any atom is -0.451 e. The van der Waals surface area contributed by atoms with E-state index in [-0.39, 0.29) is 0 Å². The summed E-state index contributed by atoms with van der Waals surface area (Å²) in [6.45, 7) is 0. The summed E-state index contributed by atoms with van der Waals surface area (Å²) in [5.74, 6) is 1.02. The predicted octanol–water partition coefficient (Wildman–Crippen LogP) is 5.11. The van der Waals surface area contributed by atoms with Crippen LogP contribution in [0.5, 0.6) is 0 Å². The zero-order valence-corrected chi connectivity index (χ0v) is 16.4. The van der Waals surface area contributed by atoms with Crippen molar-refractivity contribution in [2.75, 3.05) is 0 Å². The van der Waals surface area contributed by atoms with E-state index in [4.69, 9.17) is 4.42 Å². The quantitative estimate of drug-likeness (QED) is 0.379. The molecular weight excluding hydrogens is 390 g/mol. The second-order valence-corrected chi connectivity index (χ2v) is 8.80. The molecule has 0 spiro atoms. The Kier molecular flexibility index (Phi) is 3.73. The van der Waals surface area contributed by atoms with Crippen LogP contribution in [0, 0.1) is 0 Å². The standard InChI is InChI=1S/C20H15N5OS2/c1-2-6-15-14(5-1)17-18(26-15)19(22-11-21-17)28-20-24-23-16(25(20)12-7-8-12)10-13-4-3-9-27-13/h1-6,9,11-12H,7-8,10H2. The molecule has 1 saturated carbocycles. The lowest BCUT2D eigenvalue weighted by Crippen LogP contribution is -2.03. The second kappa shape index (κ2) is 6.42. The van der Waals surface area contributed by atoms with Crippen LogP contribution in [0.1, 0.15) is 29.6 Å². The van der Waals surface area contributed by atoms with E-state index in [0.717, 1.165) is 38.9 Å². The van der Waals surface area contributed by atoms with Crippen molar-refractivity contribution in [3.05, 3.63) is 58.8 Å². The fourth-order valence-electron chi connectivity index (χ4n) is 3.43. The van der Waals surface area contributed by atoms with Gasteiger partial charge in [0.1, 0.15) is 23.3 Å². The Bertz CT molecular complexity index is 1290. The molecule has 6 rings (SSSR count). The summed E-state index contributed by atoms with van der Waals surface area (Å²) in [5.41, 5.74) is 2.37. The zero-order valence-electron chi connectivity index (χ0n) is 14.8. The summed E-state index contributed by atoms with van der Waals surface area (Å²) in [6, 6.07) is 12.6. The Hall–Kier alpha value is -2.71. The number of hydrogen-bond donors (Lipinski definition) is 0. The topological polar surface area (TPSA) is 69.6 Å². The fraction of sp³-hybridized carbons (Fsp3) is 0.200. The van der Waals surface area contributed by atoms with Gasteiger partial charge in [-0.2, -0.15) is 0 Å². The third kappa shape index (κ3) is 2.71. The first kappa shape index (κ1) is 16.3. The average molecular weight is 406 g/mol. The number of furan rings is 1. The molecule has 0 saturated heterocycles. The summed E-state index contributed by atoms with van der Waals surface area (Å²) in [6.07, 6.45) is 4.75. The number of benzene rings is 1. The van der Waals surface area contributed by atoms with Crippen LogP contribution in [0.25, 0.3) is 22.1 Å². The van der Waals surface area contributed by atoms with Crippen molar-refractivity contribution < 1.29 is 4.42 Å². The lowest BCUT2D eigenvalue weighted by Gasteiger charge is -2.07. The number of aromatic nitrogens is 5. The third-order valence-electron chi connectivity index (χ3n) is 4.87. The molecule has 1 aliphatic carbocycles. The molecular formula is C20H15N5OS2. The summed E-state index contributed by atoms with van der Waals surface area (Å²) in [4.78, 5) is 10.2. The van der Waals surface area contributed by atoms with Crippen LogP contribution in [0.4, 0.5) is 0 Å². The molecule has 1 aliphatic rings. The third-order valence-corrected chi connectivity index (χ3v) is 6.69. The molecule has 4 heterocycles. The first-order valence-electron chi connectivity index (χ1n) is 9.13. The number of thiophene rings is 1. The number of para-hydroxylation sites is 1. The highest BCUT2D eigenvalue weighted by atomic mass is 32.2. The van der Waals surface area contributed by atoms with Crippen LogP contribution in [0.3, 0.4) is 0 Å². The van der Waals surface area contributed by atoms with Crippen molar-refractivity contribution in [3.63, 3.8) is 0 Å². The van der Waals surface area contributed by atoms with E-state index in [1.807, 2.05) is 24.3 Å². The van der Waals surface area contributed by atoms with Crippen LogP contribution in [0.15, 0.2) is 62.7 Å². The highest BCUT2D eigenvalue weighted by Crippen LogP contribution is 2.42. The van der Waals surface area contributed by atoms with Gasteiger partial charge in [-0.3, -0.25) is 0 Å². The van der Waals surface area contributed by atoms with E-state index in [9.17, 15) is 0 Å². The van der Waals surface area contributed by atoms with Gasteiger partial charge in [0, 0.05) is 22.7 Å². The molecule has 5 aromatic rings. The van der Waals surface area contributed by atoms with Gasteiger partial charge in [0.25, 0.3) is 0 Å². The van der Waals surface area contributed by atoms with Gasteiger partial charge in [0.05, 0.1) is 0 Å². The minimum absolute atomic E-state index is 0.487. The SMILES string of the molecule is c1csc(Cc2nnc(Sc3ncnc4c3oc3ccccc34)n2C2CC2)c1. The largest absolute Gasteiger partial charge is 0.451 e. The monoisotopic (exact) mass is 405 g/mol. The lowest BCUT2D eigenvalue weighted by molar-refractivity contribution is 0.632. The molecule has 0 atom stereocenters. The van der Waals surface area contributed by atoms with Crippen molar-refractivity contribution >= 4 is 45.2 Å². The lowest BCUT2D eigenvalue weighted by atomic mass is 10.2. The van der Waals surface area contributed by atoms with E-state index in [0.29, 0.717) is 11.6 Å². The molecule has 138 valence electrons. The van der Waals surface area contributed by atoms with Crippen molar-refractivity contribution in [1.82, 2.24) is 24.7 Å². The summed E-state index contributed by atoms with van der Waals surface area (Å²) in [7, 11) is 0. The smallest absolute Gasteiger partial charge is 0.197 e. The maximum absolute atomic E-state index is 6.06. The summed E-state index contributed by atoms with van der Waals surface area (Å²) >= 11 is 3.26. The Morgan fingerprint density at radius 1 is 1.11 bits per heavy atom. The molecule has 0 N–H and O–H groups in total. The van der Waals surface area contributed by atoms with Gasteiger partial charge < -0.3 is 8.98 Å². The molecule has 8 heteroatoms. The highest BCUT2D eigenvalue weighted by Gasteiger charge is 2.30. The van der Waals surface area contributed by atoms with E-state index >= 15 is 0 Å².